The van der Waals surface area contributed by atoms with Gasteiger partial charge in [-0.05, 0) is 31.1 Å². The fourth-order valence-electron chi connectivity index (χ4n) is 2.97. The minimum Gasteiger partial charge on any atom is 1.00 e. The maximum Gasteiger partial charge on any atom is 1.00 e. The molecule has 0 heterocycles. The number of carbonyl (C=O) groups is 2. The van der Waals surface area contributed by atoms with E-state index in [0.29, 0.717) is 0 Å². The van der Waals surface area contributed by atoms with Crippen LogP contribution in [0.15, 0.2) is 0 Å². The second-order valence-corrected chi connectivity index (χ2v) is 4.02. The third kappa shape index (κ3) is 4.87. The van der Waals surface area contributed by atoms with E-state index in [1.54, 1.807) is 0 Å². The third-order valence-corrected chi connectivity index (χ3v) is 3.46. The molecule has 76 valence electrons. The summed E-state index contributed by atoms with van der Waals surface area (Å²) in [6, 6.07) is 0. The molecule has 2 aliphatic carbocycles. The van der Waals surface area contributed by atoms with Crippen LogP contribution in [0.3, 0.4) is 0 Å². The van der Waals surface area contributed by atoms with Gasteiger partial charge in [0.1, 0.15) is 0 Å². The smallest absolute Gasteiger partial charge is 1.00 e. The van der Waals surface area contributed by atoms with Crippen LogP contribution in [0.5, 0.6) is 0 Å². The first-order valence-electron chi connectivity index (χ1n) is 4.53. The monoisotopic (exact) mass is 244 g/mol. The van der Waals surface area contributed by atoms with E-state index in [2.05, 4.69) is 0 Å². The van der Waals surface area contributed by atoms with Gasteiger partial charge in [0.2, 0.25) is 0 Å². The summed E-state index contributed by atoms with van der Waals surface area (Å²) in [6.45, 7) is 0. The quantitative estimate of drug-likeness (QED) is 0.452. The molecular weight excluding hydrogens is 232 g/mol. The summed E-state index contributed by atoms with van der Waals surface area (Å²) >= 11 is 0. The summed E-state index contributed by atoms with van der Waals surface area (Å²) in [5.41, 5.74) is 0. The normalized spacial score (nSPS) is 32.2. The summed E-state index contributed by atoms with van der Waals surface area (Å²) in [4.78, 5) is 21.4. The van der Waals surface area contributed by atoms with E-state index >= 15 is 0 Å². The Morgan fingerprint density at radius 3 is 1.35 bits per heavy atom. The molecule has 0 N–H and O–H groups in total. The zero-order valence-electron chi connectivity index (χ0n) is 9.06. The molecule has 0 radical (unpaired) electrons. The number of hydrogen-bond donors (Lipinski definition) is 0. The van der Waals surface area contributed by atoms with Crippen LogP contribution in [0.1, 0.15) is 19.3 Å². The average molecular weight is 244 g/mol. The number of rotatable bonds is 2. The van der Waals surface area contributed by atoms with Gasteiger partial charge in [-0.2, -0.15) is 0 Å². The molecule has 0 amide bonds. The van der Waals surface area contributed by atoms with Crippen LogP contribution >= 0.6 is 0 Å². The van der Waals surface area contributed by atoms with Crippen molar-refractivity contribution in [3.05, 3.63) is 0 Å². The Bertz CT molecular complexity index is 252. The SMILES string of the molecule is O=C([O-])C1C2CCC(C2)C1C(=O)[O-].[LiH].[LiH].[Na+].[Na+]. The van der Waals surface area contributed by atoms with Crippen molar-refractivity contribution in [2.24, 2.45) is 23.7 Å². The Labute approximate surface area is 169 Å². The number of carbonyl (C=O) groups excluding carboxylic acids is 2. The molecule has 0 saturated heterocycles. The van der Waals surface area contributed by atoms with Crippen molar-refractivity contribution in [1.29, 1.82) is 0 Å². The van der Waals surface area contributed by atoms with Crippen molar-refractivity contribution in [1.82, 2.24) is 0 Å². The number of carboxylic acid groups (broad SMARTS) is 2. The number of carboxylic acids is 2. The maximum absolute atomic E-state index is 10.7. The van der Waals surface area contributed by atoms with E-state index in [9.17, 15) is 19.8 Å². The molecule has 17 heavy (non-hydrogen) atoms. The zero-order valence-corrected chi connectivity index (χ0v) is 13.1. The van der Waals surface area contributed by atoms with Crippen LogP contribution in [0.2, 0.25) is 0 Å². The fourth-order valence-corrected chi connectivity index (χ4v) is 2.97. The van der Waals surface area contributed by atoms with Gasteiger partial charge in [-0.1, -0.05) is 0 Å². The predicted octanol–water partition coefficient (Wildman–Crippen LogP) is -9.14. The first-order valence-corrected chi connectivity index (χ1v) is 4.53. The summed E-state index contributed by atoms with van der Waals surface area (Å²) in [6.07, 6.45) is 2.37. The molecule has 2 aliphatic rings. The predicted molar refractivity (Wildman–Crippen MR) is 52.1 cm³/mol. The number of hydrogen-bond acceptors (Lipinski definition) is 4. The Hall–Kier alpha value is 2.13. The maximum atomic E-state index is 10.7. The summed E-state index contributed by atoms with van der Waals surface area (Å²) < 4.78 is 0. The van der Waals surface area contributed by atoms with Crippen LogP contribution in [-0.4, -0.2) is 49.7 Å². The summed E-state index contributed by atoms with van der Waals surface area (Å²) in [5, 5.41) is 21.4. The molecule has 0 aromatic rings. The summed E-state index contributed by atoms with van der Waals surface area (Å²) in [5.74, 6) is -4.02. The van der Waals surface area contributed by atoms with Crippen LogP contribution in [-0.2, 0) is 9.59 Å². The van der Waals surface area contributed by atoms with E-state index < -0.39 is 23.8 Å². The van der Waals surface area contributed by atoms with Gasteiger partial charge >= 0.3 is 96.8 Å². The minimum absolute atomic E-state index is 0. The van der Waals surface area contributed by atoms with Gasteiger partial charge in [0.15, 0.2) is 0 Å². The van der Waals surface area contributed by atoms with Crippen molar-refractivity contribution >= 4 is 49.7 Å². The molecule has 2 fully saturated rings. The van der Waals surface area contributed by atoms with Gasteiger partial charge in [-0.15, -0.1) is 0 Å². The van der Waals surface area contributed by atoms with Gasteiger partial charge in [-0.3, -0.25) is 0 Å². The molecule has 8 heteroatoms. The van der Waals surface area contributed by atoms with E-state index in [-0.39, 0.29) is 109 Å². The van der Waals surface area contributed by atoms with Crippen molar-refractivity contribution in [3.63, 3.8) is 0 Å². The topological polar surface area (TPSA) is 80.3 Å². The van der Waals surface area contributed by atoms with Crippen molar-refractivity contribution in [2.45, 2.75) is 19.3 Å². The Balaban J connectivity index is -0.000000490. The molecular formula is C9H12Li2Na2O4. The van der Waals surface area contributed by atoms with Crippen molar-refractivity contribution in [3.8, 4) is 0 Å². The second-order valence-electron chi connectivity index (χ2n) is 4.02. The van der Waals surface area contributed by atoms with Crippen molar-refractivity contribution in [2.75, 3.05) is 0 Å². The van der Waals surface area contributed by atoms with Gasteiger partial charge in [-0.25, -0.2) is 0 Å². The van der Waals surface area contributed by atoms with Crippen LogP contribution < -0.4 is 69.3 Å². The van der Waals surface area contributed by atoms with E-state index in [1.165, 1.54) is 0 Å². The van der Waals surface area contributed by atoms with E-state index in [4.69, 9.17) is 0 Å². The van der Waals surface area contributed by atoms with Crippen LogP contribution in [0, 0.1) is 23.7 Å². The van der Waals surface area contributed by atoms with E-state index in [1.807, 2.05) is 0 Å². The number of aliphatic carboxylic acids is 2. The first kappa shape index (κ1) is 24.2. The van der Waals surface area contributed by atoms with Gasteiger partial charge in [0, 0.05) is 23.8 Å². The van der Waals surface area contributed by atoms with E-state index in [0.717, 1.165) is 19.3 Å². The number of fused-ring (bicyclic) bond motifs is 2. The fraction of sp³-hybridized carbons (Fsp3) is 0.778. The molecule has 4 unspecified atom stereocenters. The molecule has 0 spiro atoms. The molecule has 2 rings (SSSR count). The Kier molecular flexibility index (Phi) is 14.1. The zero-order chi connectivity index (χ0) is 9.59. The summed E-state index contributed by atoms with van der Waals surface area (Å²) in [7, 11) is 0. The van der Waals surface area contributed by atoms with Gasteiger partial charge in [0.05, 0.1) is 0 Å². The third-order valence-electron chi connectivity index (χ3n) is 3.46. The molecule has 0 aromatic carbocycles. The second kappa shape index (κ2) is 9.95. The van der Waals surface area contributed by atoms with Crippen LogP contribution in [0.25, 0.3) is 0 Å². The average Bonchev–Trinajstić information content (AvgIpc) is 2.60. The molecule has 4 atom stereocenters. The first-order chi connectivity index (χ1) is 6.11. The Morgan fingerprint density at radius 1 is 0.824 bits per heavy atom. The minimum atomic E-state index is -1.22. The Morgan fingerprint density at radius 2 is 1.12 bits per heavy atom. The van der Waals surface area contributed by atoms with Crippen LogP contribution in [0.4, 0.5) is 0 Å². The molecule has 4 nitrogen and oxygen atoms in total. The van der Waals surface area contributed by atoms with Gasteiger partial charge < -0.3 is 19.8 Å². The molecule has 0 aromatic heterocycles. The van der Waals surface area contributed by atoms with Gasteiger partial charge in [0.25, 0.3) is 0 Å². The molecule has 0 aliphatic heterocycles. The molecule has 2 saturated carbocycles. The largest absolute Gasteiger partial charge is 1.00 e. The molecule has 2 bridgehead atoms. The standard InChI is InChI=1S/C9H12O4.2Li.2Na.2H/c10-8(11)6-4-1-2-5(3-4)7(6)9(12)13;;;;;;/h4-7H,1-3H2,(H,10,11)(H,12,13);;;;;;/q;;;2*+1;;/p-2. The van der Waals surface area contributed by atoms with Crippen molar-refractivity contribution < 1.29 is 78.9 Å².